The average molecular weight is 1150 g/mol. The topological polar surface area (TPSA) is 539 Å². The Hall–Kier alpha value is -5.11. The summed E-state index contributed by atoms with van der Waals surface area (Å²) in [4.78, 5) is 113. The lowest BCUT2D eigenvalue weighted by atomic mass is 9.98. The molecule has 75 heavy (non-hydrogen) atoms. The molecule has 3 fully saturated rings. The van der Waals surface area contributed by atoms with Gasteiger partial charge in [0.1, 0.15) is 54.6 Å². The molecule has 0 saturated carbocycles. The summed E-state index contributed by atoms with van der Waals surface area (Å²) in [5.74, 6) is -1.57. The second-order valence-electron chi connectivity index (χ2n) is 16.4. The molecule has 3 aliphatic rings. The molecule has 4 unspecified atom stereocenters. The number of nitrogens with one attached hydrogen (secondary N) is 3. The minimum absolute atomic E-state index is 0.00677. The number of methoxy groups -OCH3 is 1. The standard InChI is InChI=1S/C33H45N13O25P4/c1-43-12-46(27-19(43)28(52)42-32(35)41-27)29-20(49)13(5-36-11-47)14(66-29)6-64-73(56,57)70-75(60,61)71-74(58,59)65-8-16-23(24(62-2)31(68-16)45-10-39-18-25(34)37-9-38-26(18)45)69-72(54,55)63-7-15-21(50)22(51)30(67-15)44-4-3-17(48)40-33(44)53/h3-4,9-16,20-24,29-31,49-51H,5-8H2,1-2H3,(H10-,34,35,36,37,38,40,41,42,47,48,52,53,54,55,56,57,58,59,60,61)/t13-,14-,15-,16-,20-,21-,22-,23-,24-,29-,30-,31-/m1/s1. The molecule has 0 spiro atoms. The molecule has 5 aromatic rings. The van der Waals surface area contributed by atoms with Crippen molar-refractivity contribution in [3.63, 3.8) is 0 Å². The minimum Gasteiger partial charge on any atom is -0.756 e. The predicted octanol–water partition coefficient (Wildman–Crippen LogP) is -5.51. The van der Waals surface area contributed by atoms with Crippen LogP contribution in [-0.4, -0.2) is 162 Å². The molecule has 8 heterocycles. The van der Waals surface area contributed by atoms with Crippen LogP contribution < -0.4 is 43.1 Å². The number of fused-ring (bicyclic) bond motifs is 2. The number of imidazole rings is 2. The molecule has 412 valence electrons. The summed E-state index contributed by atoms with van der Waals surface area (Å²) < 4.78 is 108. The fourth-order valence-electron chi connectivity index (χ4n) is 8.30. The van der Waals surface area contributed by atoms with E-state index >= 15 is 0 Å². The van der Waals surface area contributed by atoms with Crippen molar-refractivity contribution >= 4 is 71.8 Å². The minimum atomic E-state index is -6.23. The van der Waals surface area contributed by atoms with Crippen LogP contribution in [0.5, 0.6) is 0 Å². The van der Waals surface area contributed by atoms with Crippen molar-refractivity contribution in [1.29, 1.82) is 0 Å². The number of nitrogen functional groups attached to an aromatic ring is 2. The van der Waals surface area contributed by atoms with Gasteiger partial charge < -0.3 is 79.7 Å². The number of phosphoric ester groups is 3. The van der Waals surface area contributed by atoms with Crippen molar-refractivity contribution in [2.45, 2.75) is 67.5 Å². The van der Waals surface area contributed by atoms with E-state index in [1.165, 1.54) is 22.5 Å². The van der Waals surface area contributed by atoms with E-state index in [2.05, 4.69) is 38.9 Å². The Kier molecular flexibility index (Phi) is 16.3. The fourth-order valence-corrected chi connectivity index (χ4v) is 12.8. The lowest BCUT2D eigenvalue weighted by Gasteiger charge is -2.31. The fraction of sp³-hybridized carbons (Fsp3) is 0.545. The number of aryl methyl sites for hydroxylation is 1. The number of carbonyl (C=O) groups excluding carboxylic acids is 1. The molecule has 38 nitrogen and oxygen atoms in total. The van der Waals surface area contributed by atoms with Crippen LogP contribution in [0.2, 0.25) is 0 Å². The van der Waals surface area contributed by atoms with Gasteiger partial charge >= 0.3 is 34.7 Å². The number of nitrogens with two attached hydrogens (primary N) is 2. The van der Waals surface area contributed by atoms with Gasteiger partial charge in [-0.2, -0.15) is 18.2 Å². The molecule has 13 N–H and O–H groups in total. The third-order valence-corrected chi connectivity index (χ3v) is 16.8. The first-order valence-electron chi connectivity index (χ1n) is 21.3. The summed E-state index contributed by atoms with van der Waals surface area (Å²) in [7, 11) is -21.3. The first-order valence-corrected chi connectivity index (χ1v) is 27.2. The Balaban J connectivity index is 0.942. The molecule has 0 radical (unpaired) electrons. The molecule has 16 atom stereocenters. The van der Waals surface area contributed by atoms with Crippen molar-refractivity contribution in [2.24, 2.45) is 13.0 Å². The van der Waals surface area contributed by atoms with Crippen LogP contribution in [-0.2, 0) is 75.8 Å². The normalized spacial score (nSPS) is 30.3. The van der Waals surface area contributed by atoms with Crippen LogP contribution in [0.15, 0.2) is 45.6 Å². The maximum absolute atomic E-state index is 13.5. The van der Waals surface area contributed by atoms with Crippen LogP contribution in [0.3, 0.4) is 0 Å². The number of hydrogen-bond acceptors (Lipinski definition) is 28. The number of nitrogens with zero attached hydrogens (tertiary/aromatic N) is 8. The highest BCUT2D eigenvalue weighted by molar-refractivity contribution is 7.66. The zero-order chi connectivity index (χ0) is 54.5. The molecule has 42 heteroatoms. The number of aliphatic hydroxyl groups excluding tert-OH is 3. The first kappa shape index (κ1) is 56.1. The van der Waals surface area contributed by atoms with E-state index in [1.807, 2.05) is 4.98 Å². The summed E-state index contributed by atoms with van der Waals surface area (Å²) in [5, 5.41) is 34.8. The average Bonchev–Trinajstić information content (AvgIpc) is 4.12. The number of carbonyl (C=O) groups is 1. The maximum Gasteiger partial charge on any atom is 0.490 e. The Morgan fingerprint density at radius 3 is 2.12 bits per heavy atom. The Bertz CT molecular complexity index is 3320. The van der Waals surface area contributed by atoms with E-state index in [-0.39, 0.29) is 47.0 Å². The van der Waals surface area contributed by atoms with Crippen LogP contribution in [0.4, 0.5) is 11.8 Å². The van der Waals surface area contributed by atoms with Crippen LogP contribution in [0, 0.1) is 5.92 Å². The van der Waals surface area contributed by atoms with Crippen molar-refractivity contribution in [2.75, 3.05) is 44.9 Å². The summed E-state index contributed by atoms with van der Waals surface area (Å²) in [6.45, 7) is -3.77. The summed E-state index contributed by atoms with van der Waals surface area (Å²) in [6, 6.07) is 0.910. The highest BCUT2D eigenvalue weighted by Gasteiger charge is 2.53. The molecule has 5 aromatic heterocycles. The van der Waals surface area contributed by atoms with E-state index in [0.717, 1.165) is 36.6 Å². The summed E-state index contributed by atoms with van der Waals surface area (Å²) in [5.41, 5.74) is 9.05. The lowest BCUT2D eigenvalue weighted by molar-refractivity contribution is -0.646. The van der Waals surface area contributed by atoms with Crippen molar-refractivity contribution in [3.8, 4) is 0 Å². The molecule has 0 bridgehead atoms. The van der Waals surface area contributed by atoms with Gasteiger partial charge in [0.05, 0.1) is 39.3 Å². The predicted molar refractivity (Wildman–Crippen MR) is 237 cm³/mol. The van der Waals surface area contributed by atoms with Gasteiger partial charge in [0.2, 0.25) is 24.9 Å². The third kappa shape index (κ3) is 12.1. The van der Waals surface area contributed by atoms with E-state index in [4.69, 9.17) is 48.5 Å². The van der Waals surface area contributed by atoms with Crippen molar-refractivity contribution in [1.82, 2.24) is 48.9 Å². The van der Waals surface area contributed by atoms with Gasteiger partial charge in [-0.05, 0) is 0 Å². The molecular formula is C33H45N13O25P4. The molecule has 0 aliphatic carbocycles. The Labute approximate surface area is 416 Å². The van der Waals surface area contributed by atoms with Gasteiger partial charge in [-0.25, -0.2) is 38.0 Å². The molecular weight excluding hydrogens is 1100 g/mol. The number of amides is 1. The SMILES string of the molecule is CO[C@@H]1[C@H](OP(=O)([O-])OC[C@H]2O[C@@H](n3ccc(=O)[nH]c3=O)[C@H](O)[C@@H]2O)[C@@H](COP(=O)(O)OP(=O)(O)OP(=O)(O)OC[C@H]2O[C@@H](n3c[n+](C)c4c(=O)[nH]c(N)nc43)[C@H](O)[C@@H]2CNC=O)O[C@H]1n1cnc2c(N)ncnc21. The van der Waals surface area contributed by atoms with Gasteiger partial charge in [0.25, 0.3) is 24.5 Å². The number of anilines is 2. The van der Waals surface area contributed by atoms with Gasteiger partial charge in [-0.3, -0.25) is 47.1 Å². The largest absolute Gasteiger partial charge is 0.756 e. The van der Waals surface area contributed by atoms with Gasteiger partial charge in [0.15, 0.2) is 23.9 Å². The summed E-state index contributed by atoms with van der Waals surface area (Å²) in [6.07, 6.45) is -13.8. The number of rotatable bonds is 22. The molecule has 0 aromatic carbocycles. The molecule has 3 saturated heterocycles. The third-order valence-electron chi connectivity index (χ3n) is 11.6. The zero-order valence-corrected chi connectivity index (χ0v) is 41.8. The number of aromatic amines is 2. The quantitative estimate of drug-likeness (QED) is 0.0175. The molecule has 8 rings (SSSR count). The van der Waals surface area contributed by atoms with E-state index < -0.39 is 141 Å². The number of aliphatic hydroxyl groups is 3. The number of H-pyrrole nitrogens is 2. The van der Waals surface area contributed by atoms with E-state index in [9.17, 15) is 72.3 Å². The smallest absolute Gasteiger partial charge is 0.490 e. The van der Waals surface area contributed by atoms with E-state index in [1.54, 1.807) is 0 Å². The number of aromatic nitrogens is 10. The van der Waals surface area contributed by atoms with Crippen LogP contribution in [0.25, 0.3) is 22.3 Å². The second kappa shape index (κ2) is 21.7. The number of hydrogen-bond donors (Lipinski definition) is 11. The number of ether oxygens (including phenoxy) is 4. The van der Waals surface area contributed by atoms with Crippen LogP contribution in [0.1, 0.15) is 18.7 Å². The molecule has 3 aliphatic heterocycles. The highest BCUT2D eigenvalue weighted by atomic mass is 31.3. The van der Waals surface area contributed by atoms with Crippen molar-refractivity contribution < 1.29 is 108 Å². The summed E-state index contributed by atoms with van der Waals surface area (Å²) >= 11 is 0. The second-order valence-corrected chi connectivity index (χ2v) is 22.4. The monoisotopic (exact) mass is 1150 g/mol. The van der Waals surface area contributed by atoms with Gasteiger partial charge in [-0.1, -0.05) is 0 Å². The highest BCUT2D eigenvalue weighted by Crippen LogP contribution is 2.68. The van der Waals surface area contributed by atoms with Gasteiger partial charge in [0, 0.05) is 31.8 Å². The molecule has 1 amide bonds. The number of phosphoric acid groups is 4. The maximum atomic E-state index is 13.5. The van der Waals surface area contributed by atoms with Gasteiger partial charge in [-0.15, -0.1) is 0 Å². The lowest BCUT2D eigenvalue weighted by Crippen LogP contribution is -2.39. The Morgan fingerprint density at radius 2 is 1.45 bits per heavy atom. The zero-order valence-electron chi connectivity index (χ0n) is 38.2. The first-order chi connectivity index (χ1) is 35.2. The van der Waals surface area contributed by atoms with Crippen molar-refractivity contribution in [3.05, 3.63) is 62.4 Å². The Morgan fingerprint density at radius 1 is 0.813 bits per heavy atom. The van der Waals surface area contributed by atoms with Crippen LogP contribution >= 0.6 is 31.3 Å². The van der Waals surface area contributed by atoms with E-state index in [0.29, 0.717) is 4.57 Å².